The van der Waals surface area contributed by atoms with Gasteiger partial charge in [0, 0.05) is 13.1 Å². The summed E-state index contributed by atoms with van der Waals surface area (Å²) >= 11 is 0. The Morgan fingerprint density at radius 2 is 1.70 bits per heavy atom. The van der Waals surface area contributed by atoms with E-state index in [1.54, 1.807) is 19.2 Å². The van der Waals surface area contributed by atoms with Gasteiger partial charge >= 0.3 is 0 Å². The molecule has 176 valence electrons. The lowest BCUT2D eigenvalue weighted by Gasteiger charge is -2.12. The smallest absolute Gasteiger partial charge is 0.224 e. The number of phenolic OH excluding ortho intramolecular Hbond substituents is 1. The molecule has 0 spiro atoms. The fraction of sp³-hybridized carbons (Fsp3) is 0.346. The van der Waals surface area contributed by atoms with Gasteiger partial charge in [0.2, 0.25) is 11.7 Å². The first-order chi connectivity index (χ1) is 15.8. The van der Waals surface area contributed by atoms with Crippen LogP contribution in [0, 0.1) is 0 Å². The minimum atomic E-state index is -0.0407. The average Bonchev–Trinajstić information content (AvgIpc) is 3.04. The first-order valence-electron chi connectivity index (χ1n) is 10.8. The summed E-state index contributed by atoms with van der Waals surface area (Å²) in [4.78, 5) is 14.7. The van der Waals surface area contributed by atoms with Crippen molar-refractivity contribution in [2.75, 3.05) is 48.5 Å². The highest BCUT2D eigenvalue weighted by Gasteiger charge is 2.26. The van der Waals surface area contributed by atoms with Gasteiger partial charge in [-0.2, -0.15) is 0 Å². The molecule has 3 rings (SSSR count). The summed E-state index contributed by atoms with van der Waals surface area (Å²) in [5.41, 5.74) is 5.81. The zero-order valence-electron chi connectivity index (χ0n) is 20.1. The fourth-order valence-electron chi connectivity index (χ4n) is 3.92. The van der Waals surface area contributed by atoms with Crippen LogP contribution < -0.4 is 19.5 Å². The molecule has 7 heteroatoms. The molecular formula is C26H32N2O5. The van der Waals surface area contributed by atoms with Gasteiger partial charge in [-0.05, 0) is 84.8 Å². The van der Waals surface area contributed by atoms with Crippen LogP contribution in [0.4, 0.5) is 0 Å². The van der Waals surface area contributed by atoms with E-state index in [1.807, 2.05) is 50.2 Å². The number of benzene rings is 2. The Hall–Kier alpha value is -3.45. The Kier molecular flexibility index (Phi) is 7.66. The summed E-state index contributed by atoms with van der Waals surface area (Å²) in [5, 5.41) is 13.2. The third-order valence-electron chi connectivity index (χ3n) is 5.73. The van der Waals surface area contributed by atoms with E-state index in [0.29, 0.717) is 18.0 Å². The third-order valence-corrected chi connectivity index (χ3v) is 5.73. The Bertz CT molecular complexity index is 1080. The molecule has 0 radical (unpaired) electrons. The number of ether oxygens (including phenoxy) is 3. The number of hydrogen-bond donors (Lipinski definition) is 2. The van der Waals surface area contributed by atoms with Crippen molar-refractivity contribution in [2.45, 2.75) is 13.3 Å². The molecule has 2 aromatic carbocycles. The highest BCUT2D eigenvalue weighted by Crippen LogP contribution is 2.46. The molecule has 1 aliphatic carbocycles. The van der Waals surface area contributed by atoms with Gasteiger partial charge in [-0.1, -0.05) is 6.07 Å². The number of aromatic hydroxyl groups is 1. The lowest BCUT2D eigenvalue weighted by Crippen LogP contribution is -2.31. The quantitative estimate of drug-likeness (QED) is 0.602. The molecular weight excluding hydrogens is 420 g/mol. The lowest BCUT2D eigenvalue weighted by atomic mass is 10.00. The maximum Gasteiger partial charge on any atom is 0.224 e. The van der Waals surface area contributed by atoms with E-state index in [9.17, 15) is 9.90 Å². The Balaban J connectivity index is 2.03. The molecule has 0 saturated carbocycles. The van der Waals surface area contributed by atoms with Gasteiger partial charge in [0.15, 0.2) is 11.5 Å². The number of likely N-dealkylation sites (N-methyl/N-ethyl adjacent to an activating group) is 1. The van der Waals surface area contributed by atoms with E-state index >= 15 is 0 Å². The third kappa shape index (κ3) is 5.31. The van der Waals surface area contributed by atoms with Crippen molar-refractivity contribution < 1.29 is 24.1 Å². The lowest BCUT2D eigenvalue weighted by molar-refractivity contribution is -0.120. The van der Waals surface area contributed by atoms with E-state index in [1.165, 1.54) is 14.2 Å². The molecule has 0 bridgehead atoms. The molecule has 2 N–H and O–H groups in total. The minimum Gasteiger partial charge on any atom is -0.502 e. The molecule has 0 fully saturated rings. The molecule has 2 aromatic rings. The second kappa shape index (κ2) is 10.4. The second-order valence-corrected chi connectivity index (χ2v) is 8.18. The summed E-state index contributed by atoms with van der Waals surface area (Å²) in [6.07, 6.45) is 2.29. The molecule has 0 heterocycles. The van der Waals surface area contributed by atoms with Crippen LogP contribution >= 0.6 is 0 Å². The van der Waals surface area contributed by atoms with Crippen LogP contribution in [0.3, 0.4) is 0 Å². The average molecular weight is 453 g/mol. The Labute approximate surface area is 195 Å². The molecule has 0 unspecified atom stereocenters. The number of carbonyl (C=O) groups excluding carboxylic acids is 1. The summed E-state index contributed by atoms with van der Waals surface area (Å²) in [6, 6.07) is 9.41. The topological polar surface area (TPSA) is 80.3 Å². The van der Waals surface area contributed by atoms with Gasteiger partial charge in [-0.25, -0.2) is 0 Å². The molecule has 0 aromatic heterocycles. The zero-order chi connectivity index (χ0) is 24.1. The van der Waals surface area contributed by atoms with Crippen molar-refractivity contribution in [1.29, 1.82) is 0 Å². The number of carbonyl (C=O) groups is 1. The number of amides is 1. The first kappa shape index (κ1) is 24.2. The number of nitrogens with one attached hydrogen (secondary N) is 1. The molecule has 1 amide bonds. The van der Waals surface area contributed by atoms with Crippen molar-refractivity contribution in [3.05, 3.63) is 52.6 Å². The highest BCUT2D eigenvalue weighted by atomic mass is 16.5. The van der Waals surface area contributed by atoms with Crippen LogP contribution in [0.2, 0.25) is 0 Å². The standard InChI is InChI=1S/C26H32N2O5/c1-16-20(11-17-12-23(32-5)26(30)24(13-17)33-6)19-8-7-18(31-4)14-22(19)21(16)15-25(29)27-9-10-28(2)3/h7-8,11-14,30H,9-10,15H2,1-6H3,(H,27,29). The summed E-state index contributed by atoms with van der Waals surface area (Å²) in [5.74, 6) is 1.34. The molecule has 0 atom stereocenters. The predicted molar refractivity (Wildman–Crippen MR) is 131 cm³/mol. The van der Waals surface area contributed by atoms with Gasteiger partial charge in [0.05, 0.1) is 27.8 Å². The maximum absolute atomic E-state index is 12.7. The number of allylic oxidation sites excluding steroid dienone is 2. The van der Waals surface area contributed by atoms with Crippen LogP contribution in [0.15, 0.2) is 35.9 Å². The molecule has 0 aliphatic heterocycles. The van der Waals surface area contributed by atoms with Crippen LogP contribution in [0.1, 0.15) is 30.0 Å². The van der Waals surface area contributed by atoms with Crippen molar-refractivity contribution in [3.63, 3.8) is 0 Å². The second-order valence-electron chi connectivity index (χ2n) is 8.18. The van der Waals surface area contributed by atoms with Crippen molar-refractivity contribution in [3.8, 4) is 23.0 Å². The van der Waals surface area contributed by atoms with Crippen molar-refractivity contribution in [2.24, 2.45) is 0 Å². The van der Waals surface area contributed by atoms with Gasteiger partial charge in [0.1, 0.15) is 5.75 Å². The van der Waals surface area contributed by atoms with Crippen LogP contribution in [-0.2, 0) is 4.79 Å². The molecule has 7 nitrogen and oxygen atoms in total. The van der Waals surface area contributed by atoms with Gasteiger partial charge in [0.25, 0.3) is 0 Å². The predicted octanol–water partition coefficient (Wildman–Crippen LogP) is 3.81. The highest BCUT2D eigenvalue weighted by molar-refractivity contribution is 6.08. The van der Waals surface area contributed by atoms with E-state index in [0.717, 1.165) is 45.7 Å². The van der Waals surface area contributed by atoms with E-state index in [-0.39, 0.29) is 18.1 Å². The number of rotatable bonds is 9. The number of nitrogens with zero attached hydrogens (tertiary/aromatic N) is 1. The van der Waals surface area contributed by atoms with Crippen molar-refractivity contribution in [1.82, 2.24) is 10.2 Å². The maximum atomic E-state index is 12.7. The summed E-state index contributed by atoms with van der Waals surface area (Å²) in [6.45, 7) is 3.40. The number of methoxy groups -OCH3 is 3. The Morgan fingerprint density at radius 1 is 1.03 bits per heavy atom. The normalized spacial score (nSPS) is 14.0. The largest absolute Gasteiger partial charge is 0.502 e. The van der Waals surface area contributed by atoms with Gasteiger partial charge < -0.3 is 29.5 Å². The minimum absolute atomic E-state index is 0.0193. The van der Waals surface area contributed by atoms with Gasteiger partial charge in [-0.3, -0.25) is 4.79 Å². The van der Waals surface area contributed by atoms with Crippen LogP contribution in [-0.4, -0.2) is 64.4 Å². The number of hydrogen-bond acceptors (Lipinski definition) is 6. The van der Waals surface area contributed by atoms with E-state index < -0.39 is 0 Å². The number of fused-ring (bicyclic) bond motifs is 1. The summed E-state index contributed by atoms with van der Waals surface area (Å²) in [7, 11) is 8.58. The van der Waals surface area contributed by atoms with Crippen LogP contribution in [0.25, 0.3) is 17.2 Å². The Morgan fingerprint density at radius 3 is 2.27 bits per heavy atom. The monoisotopic (exact) mass is 452 g/mol. The molecule has 1 aliphatic rings. The molecule has 0 saturated heterocycles. The van der Waals surface area contributed by atoms with E-state index in [4.69, 9.17) is 14.2 Å². The van der Waals surface area contributed by atoms with E-state index in [2.05, 4.69) is 5.32 Å². The fourth-order valence-corrected chi connectivity index (χ4v) is 3.92. The van der Waals surface area contributed by atoms with Crippen molar-refractivity contribution >= 4 is 23.1 Å². The van der Waals surface area contributed by atoms with Crippen LogP contribution in [0.5, 0.6) is 23.0 Å². The summed E-state index contributed by atoms with van der Waals surface area (Å²) < 4.78 is 16.0. The SMILES string of the molecule is COc1ccc2c(c1)C(CC(=O)NCCN(C)C)=C(C)C2=Cc1cc(OC)c(O)c(OC)c1. The zero-order valence-corrected chi connectivity index (χ0v) is 20.1. The first-order valence-corrected chi connectivity index (χ1v) is 10.8. The number of phenols is 1. The van der Waals surface area contributed by atoms with Gasteiger partial charge in [-0.15, -0.1) is 0 Å². The molecule has 33 heavy (non-hydrogen) atoms.